The number of nitrogens with zero attached hydrogens (tertiary/aromatic N) is 1. The van der Waals surface area contributed by atoms with Gasteiger partial charge in [-0.3, -0.25) is 10.2 Å². The molecule has 0 atom stereocenters. The van der Waals surface area contributed by atoms with Crippen molar-refractivity contribution in [2.45, 2.75) is 0 Å². The molecule has 0 unspecified atom stereocenters. The lowest BCUT2D eigenvalue weighted by atomic mass is 10.3. The third kappa shape index (κ3) is 5.30. The van der Waals surface area contributed by atoms with Gasteiger partial charge in [-0.2, -0.15) is 4.99 Å². The van der Waals surface area contributed by atoms with Gasteiger partial charge in [0.1, 0.15) is 5.82 Å². The minimum atomic E-state index is -0.436. The van der Waals surface area contributed by atoms with Crippen LogP contribution >= 0.6 is 11.8 Å². The van der Waals surface area contributed by atoms with Crippen LogP contribution in [0.4, 0.5) is 10.1 Å². The quantitative estimate of drug-likeness (QED) is 0.477. The number of aliphatic imine (C=N–C) groups is 1. The van der Waals surface area contributed by atoms with Crippen molar-refractivity contribution in [1.29, 1.82) is 5.41 Å². The number of guanidine groups is 1. The van der Waals surface area contributed by atoms with Crippen molar-refractivity contribution in [3.8, 4) is 0 Å². The van der Waals surface area contributed by atoms with Crippen molar-refractivity contribution in [3.05, 3.63) is 30.1 Å². The molecule has 0 aromatic heterocycles. The zero-order valence-corrected chi connectivity index (χ0v) is 10.1. The third-order valence-electron chi connectivity index (χ3n) is 1.68. The minimum absolute atomic E-state index is 0.0356. The number of amidine groups is 1. The number of hydrogen-bond donors (Lipinski definition) is 4. The van der Waals surface area contributed by atoms with Crippen molar-refractivity contribution >= 4 is 34.5 Å². The first-order valence-corrected chi connectivity index (χ1v) is 5.82. The molecule has 6 N–H and O–H groups in total. The fourth-order valence-corrected chi connectivity index (χ4v) is 1.56. The Balaban J connectivity index is 2.43. The zero-order valence-electron chi connectivity index (χ0n) is 9.31. The highest BCUT2D eigenvalue weighted by Gasteiger charge is 2.05. The molecule has 0 bridgehead atoms. The third-order valence-corrected chi connectivity index (χ3v) is 2.45. The van der Waals surface area contributed by atoms with Crippen LogP contribution in [0.2, 0.25) is 0 Å². The van der Waals surface area contributed by atoms with Crippen molar-refractivity contribution in [2.24, 2.45) is 16.5 Å². The van der Waals surface area contributed by atoms with Crippen molar-refractivity contribution in [1.82, 2.24) is 0 Å². The summed E-state index contributed by atoms with van der Waals surface area (Å²) in [5, 5.41) is 9.62. The molecule has 0 aliphatic heterocycles. The van der Waals surface area contributed by atoms with Crippen LogP contribution in [0.3, 0.4) is 0 Å². The van der Waals surface area contributed by atoms with Crippen LogP contribution in [0.5, 0.6) is 0 Å². The number of thioether (sulfide) groups is 1. The normalized spacial score (nSPS) is 9.61. The van der Waals surface area contributed by atoms with Gasteiger partial charge in [-0.05, 0) is 18.2 Å². The number of benzene rings is 1. The van der Waals surface area contributed by atoms with E-state index in [2.05, 4.69) is 10.3 Å². The molecular formula is C10H12FN5OS. The average molecular weight is 269 g/mol. The number of carbonyl (C=O) groups is 1. The molecule has 96 valence electrons. The summed E-state index contributed by atoms with van der Waals surface area (Å²) in [6.07, 6.45) is 0. The van der Waals surface area contributed by atoms with Crippen LogP contribution in [-0.4, -0.2) is 22.8 Å². The molecule has 8 heteroatoms. The van der Waals surface area contributed by atoms with Crippen molar-refractivity contribution in [3.63, 3.8) is 0 Å². The van der Waals surface area contributed by atoms with Gasteiger partial charge in [-0.1, -0.05) is 17.8 Å². The molecule has 1 aromatic rings. The fourth-order valence-electron chi connectivity index (χ4n) is 1.05. The van der Waals surface area contributed by atoms with Gasteiger partial charge in [0.25, 0.3) is 0 Å². The molecule has 1 aromatic carbocycles. The van der Waals surface area contributed by atoms with Gasteiger partial charge in [0.05, 0.1) is 5.75 Å². The second-order valence-corrected chi connectivity index (χ2v) is 4.15. The van der Waals surface area contributed by atoms with E-state index in [9.17, 15) is 9.18 Å². The fraction of sp³-hybridized carbons (Fsp3) is 0.100. The lowest BCUT2D eigenvalue weighted by Gasteiger charge is -2.04. The van der Waals surface area contributed by atoms with E-state index in [1.54, 1.807) is 6.07 Å². The second-order valence-electron chi connectivity index (χ2n) is 3.19. The molecule has 6 nitrogen and oxygen atoms in total. The maximum atomic E-state index is 12.8. The van der Waals surface area contributed by atoms with Crippen LogP contribution in [0, 0.1) is 11.2 Å². The first-order chi connectivity index (χ1) is 8.47. The molecule has 0 fully saturated rings. The van der Waals surface area contributed by atoms with Crippen LogP contribution in [-0.2, 0) is 4.79 Å². The zero-order chi connectivity index (χ0) is 13.5. The van der Waals surface area contributed by atoms with Gasteiger partial charge in [0, 0.05) is 5.69 Å². The largest absolute Gasteiger partial charge is 0.370 e. The Morgan fingerprint density at radius 2 is 2.22 bits per heavy atom. The number of amides is 1. The first kappa shape index (κ1) is 14.0. The lowest BCUT2D eigenvalue weighted by molar-refractivity contribution is -0.113. The van der Waals surface area contributed by atoms with Crippen LogP contribution in [0.1, 0.15) is 0 Å². The lowest BCUT2D eigenvalue weighted by Crippen LogP contribution is -2.24. The van der Waals surface area contributed by atoms with Gasteiger partial charge in [-0.15, -0.1) is 0 Å². The summed E-state index contributed by atoms with van der Waals surface area (Å²) in [5.41, 5.74) is 10.5. The van der Waals surface area contributed by atoms with Gasteiger partial charge >= 0.3 is 0 Å². The van der Waals surface area contributed by atoms with Gasteiger partial charge in [0.2, 0.25) is 5.91 Å². The minimum Gasteiger partial charge on any atom is -0.370 e. The van der Waals surface area contributed by atoms with E-state index in [1.807, 2.05) is 0 Å². The molecule has 1 rings (SSSR count). The number of hydrogen-bond acceptors (Lipinski definition) is 3. The summed E-state index contributed by atoms with van der Waals surface area (Å²) in [6, 6.07) is 5.52. The summed E-state index contributed by atoms with van der Waals surface area (Å²) in [5.74, 6) is -1.08. The SMILES string of the molecule is N=C(N=C(N)N)SCC(=O)Nc1cccc(F)c1. The Labute approximate surface area is 107 Å². The predicted molar refractivity (Wildman–Crippen MR) is 71.0 cm³/mol. The summed E-state index contributed by atoms with van der Waals surface area (Å²) in [7, 11) is 0. The van der Waals surface area contributed by atoms with Gasteiger partial charge in [-0.25, -0.2) is 4.39 Å². The molecule has 1 amide bonds. The highest BCUT2D eigenvalue weighted by Crippen LogP contribution is 2.10. The molecule has 18 heavy (non-hydrogen) atoms. The Kier molecular flexibility index (Phi) is 5.12. The van der Waals surface area contributed by atoms with E-state index >= 15 is 0 Å². The van der Waals surface area contributed by atoms with Crippen LogP contribution in [0.15, 0.2) is 29.3 Å². The topological polar surface area (TPSA) is 117 Å². The van der Waals surface area contributed by atoms with E-state index in [0.29, 0.717) is 5.69 Å². The number of rotatable bonds is 3. The molecule has 0 aliphatic carbocycles. The van der Waals surface area contributed by atoms with E-state index in [0.717, 1.165) is 11.8 Å². The summed E-state index contributed by atoms with van der Waals surface area (Å²) < 4.78 is 12.8. The number of halogens is 1. The predicted octanol–water partition coefficient (Wildman–Crippen LogP) is 0.706. The maximum absolute atomic E-state index is 12.8. The Morgan fingerprint density at radius 1 is 1.50 bits per heavy atom. The highest BCUT2D eigenvalue weighted by molar-refractivity contribution is 8.14. The molecule has 0 heterocycles. The monoisotopic (exact) mass is 269 g/mol. The Morgan fingerprint density at radius 3 is 2.83 bits per heavy atom. The summed E-state index contributed by atoms with van der Waals surface area (Å²) in [6.45, 7) is 0. The standard InChI is InChI=1S/C10H12FN5OS/c11-6-2-1-3-7(4-6)15-8(17)5-18-10(14)16-9(12)13/h1-4H,5H2,(H,15,17)(H5,12,13,14,16). The molecule has 0 spiro atoms. The molecule has 0 saturated carbocycles. The molecular weight excluding hydrogens is 257 g/mol. The number of carbonyl (C=O) groups excluding carboxylic acids is 1. The van der Waals surface area contributed by atoms with Gasteiger partial charge < -0.3 is 16.8 Å². The van der Waals surface area contributed by atoms with E-state index in [1.165, 1.54) is 18.2 Å². The molecule has 0 saturated heterocycles. The van der Waals surface area contributed by atoms with E-state index in [-0.39, 0.29) is 22.8 Å². The highest BCUT2D eigenvalue weighted by atomic mass is 32.2. The first-order valence-electron chi connectivity index (χ1n) is 4.84. The van der Waals surface area contributed by atoms with Crippen molar-refractivity contribution in [2.75, 3.05) is 11.1 Å². The Bertz CT molecular complexity index is 487. The summed E-state index contributed by atoms with van der Waals surface area (Å²) in [4.78, 5) is 14.9. The number of anilines is 1. The van der Waals surface area contributed by atoms with Crippen molar-refractivity contribution < 1.29 is 9.18 Å². The molecule has 0 aliphatic rings. The number of nitrogens with two attached hydrogens (primary N) is 2. The maximum Gasteiger partial charge on any atom is 0.234 e. The second kappa shape index (κ2) is 6.60. The molecule has 0 radical (unpaired) electrons. The smallest absolute Gasteiger partial charge is 0.234 e. The van der Waals surface area contributed by atoms with Crippen LogP contribution < -0.4 is 16.8 Å². The summed E-state index contributed by atoms with van der Waals surface area (Å²) >= 11 is 0.866. The van der Waals surface area contributed by atoms with E-state index in [4.69, 9.17) is 16.9 Å². The van der Waals surface area contributed by atoms with Crippen LogP contribution in [0.25, 0.3) is 0 Å². The Hall–Kier alpha value is -2.09. The number of nitrogens with one attached hydrogen (secondary N) is 2. The van der Waals surface area contributed by atoms with Gasteiger partial charge in [0.15, 0.2) is 11.1 Å². The average Bonchev–Trinajstić information content (AvgIpc) is 2.25. The van der Waals surface area contributed by atoms with E-state index < -0.39 is 5.82 Å².